The largest absolute Gasteiger partial charge is 0.477 e. The van der Waals surface area contributed by atoms with E-state index in [1.165, 1.54) is 4.57 Å². The third kappa shape index (κ3) is 2.85. The highest BCUT2D eigenvalue weighted by Crippen LogP contribution is 2.09. The molecule has 0 radical (unpaired) electrons. The van der Waals surface area contributed by atoms with Gasteiger partial charge < -0.3 is 15.0 Å². The van der Waals surface area contributed by atoms with Crippen LogP contribution in [0, 0.1) is 6.92 Å². The van der Waals surface area contributed by atoms with Crippen molar-refractivity contribution in [3.8, 4) is 0 Å². The molecule has 0 aromatic carbocycles. The third-order valence-corrected chi connectivity index (χ3v) is 2.13. The van der Waals surface area contributed by atoms with Gasteiger partial charge in [-0.2, -0.15) is 0 Å². The number of rotatable bonds is 4. The predicted octanol–water partition coefficient (Wildman–Crippen LogP) is 1.02. The Kier molecular flexibility index (Phi) is 3.71. The minimum atomic E-state index is -1.01. The van der Waals surface area contributed by atoms with Crippen LogP contribution in [0.1, 0.15) is 29.9 Å². The lowest BCUT2D eigenvalue weighted by molar-refractivity contribution is -0.122. The monoisotopic (exact) mass is 224 g/mol. The fourth-order valence-electron chi connectivity index (χ4n) is 1.53. The van der Waals surface area contributed by atoms with Gasteiger partial charge in [-0.3, -0.25) is 4.79 Å². The van der Waals surface area contributed by atoms with E-state index < -0.39 is 5.97 Å². The van der Waals surface area contributed by atoms with Crippen molar-refractivity contribution in [3.05, 3.63) is 23.5 Å². The molecule has 1 rings (SSSR count). The molecule has 1 aromatic heterocycles. The molecular weight excluding hydrogens is 208 g/mol. The summed E-state index contributed by atoms with van der Waals surface area (Å²) >= 11 is 0. The molecule has 88 valence electrons. The predicted molar refractivity (Wildman–Crippen MR) is 59.4 cm³/mol. The lowest BCUT2D eigenvalue weighted by atomic mass is 10.3. The fraction of sp³-hybridized carbons (Fsp3) is 0.455. The topological polar surface area (TPSA) is 71.3 Å². The van der Waals surface area contributed by atoms with Crippen LogP contribution >= 0.6 is 0 Å². The van der Waals surface area contributed by atoms with Gasteiger partial charge in [0, 0.05) is 12.2 Å². The van der Waals surface area contributed by atoms with Crippen molar-refractivity contribution in [1.82, 2.24) is 9.88 Å². The van der Waals surface area contributed by atoms with Gasteiger partial charge in [0.25, 0.3) is 0 Å². The molecule has 0 atom stereocenters. The van der Waals surface area contributed by atoms with Crippen molar-refractivity contribution < 1.29 is 14.7 Å². The highest BCUT2D eigenvalue weighted by molar-refractivity contribution is 5.88. The van der Waals surface area contributed by atoms with Crippen molar-refractivity contribution >= 4 is 11.9 Å². The molecule has 2 N–H and O–H groups in total. The Hall–Kier alpha value is -1.78. The van der Waals surface area contributed by atoms with Gasteiger partial charge in [-0.25, -0.2) is 4.79 Å². The number of amides is 1. The Labute approximate surface area is 94.1 Å². The number of aryl methyl sites for hydroxylation is 1. The summed E-state index contributed by atoms with van der Waals surface area (Å²) in [5.41, 5.74) is 0.823. The summed E-state index contributed by atoms with van der Waals surface area (Å²) < 4.78 is 1.44. The summed E-state index contributed by atoms with van der Waals surface area (Å²) in [6, 6.07) is 1.74. The van der Waals surface area contributed by atoms with E-state index in [4.69, 9.17) is 5.11 Å². The molecule has 0 unspecified atom stereocenters. The summed E-state index contributed by atoms with van der Waals surface area (Å²) in [6.45, 7) is 5.46. The van der Waals surface area contributed by atoms with Crippen LogP contribution in [0.2, 0.25) is 0 Å². The Morgan fingerprint density at radius 2 is 2.12 bits per heavy atom. The fourth-order valence-corrected chi connectivity index (χ4v) is 1.53. The smallest absolute Gasteiger partial charge is 0.352 e. The van der Waals surface area contributed by atoms with Gasteiger partial charge in [0.15, 0.2) is 0 Å². The zero-order valence-corrected chi connectivity index (χ0v) is 9.65. The Morgan fingerprint density at radius 3 is 2.62 bits per heavy atom. The van der Waals surface area contributed by atoms with E-state index in [1.54, 1.807) is 19.2 Å². The van der Waals surface area contributed by atoms with Gasteiger partial charge in [-0.15, -0.1) is 0 Å². The number of aromatic carboxylic acids is 1. The second-order valence-electron chi connectivity index (χ2n) is 4.00. The highest BCUT2D eigenvalue weighted by atomic mass is 16.4. The number of nitrogens with zero attached hydrogens (tertiary/aromatic N) is 1. The van der Waals surface area contributed by atoms with Crippen LogP contribution in [0.4, 0.5) is 0 Å². The summed E-state index contributed by atoms with van der Waals surface area (Å²) in [5.74, 6) is -1.20. The SMILES string of the molecule is Cc1ccn(CC(=O)NC(C)C)c1C(=O)O. The van der Waals surface area contributed by atoms with Crippen molar-refractivity contribution in [3.63, 3.8) is 0 Å². The van der Waals surface area contributed by atoms with Crippen LogP contribution in [-0.4, -0.2) is 27.6 Å². The Bertz CT molecular complexity index is 407. The van der Waals surface area contributed by atoms with Crippen LogP contribution in [0.25, 0.3) is 0 Å². The van der Waals surface area contributed by atoms with E-state index in [2.05, 4.69) is 5.32 Å². The van der Waals surface area contributed by atoms with Crippen LogP contribution in [-0.2, 0) is 11.3 Å². The summed E-state index contributed by atoms with van der Waals surface area (Å²) in [7, 11) is 0. The normalized spacial score (nSPS) is 10.5. The van der Waals surface area contributed by atoms with Gasteiger partial charge in [0.1, 0.15) is 12.2 Å². The minimum Gasteiger partial charge on any atom is -0.477 e. The number of carbonyl (C=O) groups excluding carboxylic acids is 1. The van der Waals surface area contributed by atoms with Crippen molar-refractivity contribution in [2.75, 3.05) is 0 Å². The second kappa shape index (κ2) is 4.83. The van der Waals surface area contributed by atoms with E-state index >= 15 is 0 Å². The highest BCUT2D eigenvalue weighted by Gasteiger charge is 2.15. The van der Waals surface area contributed by atoms with Crippen molar-refractivity contribution in [2.24, 2.45) is 0 Å². The first-order chi connectivity index (χ1) is 7.41. The van der Waals surface area contributed by atoms with Crippen molar-refractivity contribution in [1.29, 1.82) is 0 Å². The van der Waals surface area contributed by atoms with Gasteiger partial charge >= 0.3 is 5.97 Å². The van der Waals surface area contributed by atoms with Crippen molar-refractivity contribution in [2.45, 2.75) is 33.4 Å². The first kappa shape index (κ1) is 12.3. The third-order valence-electron chi connectivity index (χ3n) is 2.13. The number of aromatic nitrogens is 1. The Balaban J connectivity index is 2.82. The van der Waals surface area contributed by atoms with E-state index in [0.29, 0.717) is 5.56 Å². The molecule has 0 aliphatic heterocycles. The molecule has 0 bridgehead atoms. The molecule has 0 aliphatic rings. The molecule has 1 amide bonds. The van der Waals surface area contributed by atoms with Gasteiger partial charge in [-0.1, -0.05) is 0 Å². The summed E-state index contributed by atoms with van der Waals surface area (Å²) in [6.07, 6.45) is 1.61. The lowest BCUT2D eigenvalue weighted by Crippen LogP contribution is -2.33. The molecule has 0 saturated carbocycles. The Morgan fingerprint density at radius 1 is 1.50 bits per heavy atom. The van der Waals surface area contributed by atoms with E-state index in [1.807, 2.05) is 13.8 Å². The van der Waals surface area contributed by atoms with Crippen LogP contribution in [0.15, 0.2) is 12.3 Å². The standard InChI is InChI=1S/C11H16N2O3/c1-7(2)12-9(14)6-13-5-4-8(3)10(13)11(15)16/h4-5,7H,6H2,1-3H3,(H,12,14)(H,15,16). The summed E-state index contributed by atoms with van der Waals surface area (Å²) in [4.78, 5) is 22.4. The number of carboxylic acid groups (broad SMARTS) is 1. The van der Waals surface area contributed by atoms with E-state index in [-0.39, 0.29) is 24.2 Å². The zero-order chi connectivity index (χ0) is 12.3. The molecule has 1 heterocycles. The summed E-state index contributed by atoms with van der Waals surface area (Å²) in [5, 5.41) is 11.7. The number of nitrogens with one attached hydrogen (secondary N) is 1. The van der Waals surface area contributed by atoms with E-state index in [0.717, 1.165) is 0 Å². The van der Waals surface area contributed by atoms with Gasteiger partial charge in [0.2, 0.25) is 5.91 Å². The zero-order valence-electron chi connectivity index (χ0n) is 9.65. The average Bonchev–Trinajstić information content (AvgIpc) is 2.45. The number of hydrogen-bond acceptors (Lipinski definition) is 2. The van der Waals surface area contributed by atoms with Gasteiger partial charge in [0.05, 0.1) is 0 Å². The maximum atomic E-state index is 11.5. The number of hydrogen-bond donors (Lipinski definition) is 2. The molecular formula is C11H16N2O3. The molecule has 1 aromatic rings. The van der Waals surface area contributed by atoms with E-state index in [9.17, 15) is 9.59 Å². The molecule has 0 aliphatic carbocycles. The molecule has 16 heavy (non-hydrogen) atoms. The number of carbonyl (C=O) groups is 2. The molecule has 5 heteroatoms. The molecule has 0 spiro atoms. The van der Waals surface area contributed by atoms with Crippen LogP contribution < -0.4 is 5.32 Å². The first-order valence-electron chi connectivity index (χ1n) is 5.10. The maximum Gasteiger partial charge on any atom is 0.352 e. The lowest BCUT2D eigenvalue weighted by Gasteiger charge is -2.10. The molecule has 0 saturated heterocycles. The first-order valence-corrected chi connectivity index (χ1v) is 5.10. The second-order valence-corrected chi connectivity index (χ2v) is 4.00. The average molecular weight is 224 g/mol. The maximum absolute atomic E-state index is 11.5. The molecule has 5 nitrogen and oxygen atoms in total. The van der Waals surface area contributed by atoms with Crippen LogP contribution in [0.3, 0.4) is 0 Å². The van der Waals surface area contributed by atoms with Crippen LogP contribution in [0.5, 0.6) is 0 Å². The van der Waals surface area contributed by atoms with Gasteiger partial charge in [-0.05, 0) is 32.4 Å². The minimum absolute atomic E-state index is 0.0354. The quantitative estimate of drug-likeness (QED) is 0.802. The molecule has 0 fully saturated rings. The number of carboxylic acids is 1.